The molecule has 0 amide bonds. The quantitative estimate of drug-likeness (QED) is 0.672. The molecule has 0 aliphatic heterocycles. The van der Waals surface area contributed by atoms with E-state index in [1.807, 2.05) is 10.9 Å². The topological polar surface area (TPSA) is 38.0 Å². The van der Waals surface area contributed by atoms with Crippen LogP contribution in [0.5, 0.6) is 0 Å². The van der Waals surface area contributed by atoms with Crippen molar-refractivity contribution in [3.63, 3.8) is 0 Å². The lowest BCUT2D eigenvalue weighted by atomic mass is 9.70. The van der Waals surface area contributed by atoms with E-state index >= 15 is 0 Å². The van der Waals surface area contributed by atoms with Crippen molar-refractivity contribution in [3.8, 4) is 5.69 Å². The molecule has 2 atom stereocenters. The smallest absolute Gasteiger partial charge is 0.123 e. The molecule has 1 aliphatic carbocycles. The van der Waals surface area contributed by atoms with E-state index < -0.39 is 6.10 Å². The third-order valence-corrected chi connectivity index (χ3v) is 5.74. The summed E-state index contributed by atoms with van der Waals surface area (Å²) < 4.78 is 28.2. The van der Waals surface area contributed by atoms with Crippen molar-refractivity contribution in [1.82, 2.24) is 9.78 Å². The third kappa shape index (κ3) is 3.38. The predicted octanol–water partition coefficient (Wildman–Crippen LogP) is 5.24. The Labute approximate surface area is 163 Å². The second-order valence-corrected chi connectivity index (χ2v) is 7.78. The summed E-state index contributed by atoms with van der Waals surface area (Å²) in [5.41, 5.74) is 4.49. The van der Waals surface area contributed by atoms with Gasteiger partial charge in [0.15, 0.2) is 0 Å². The van der Waals surface area contributed by atoms with Gasteiger partial charge >= 0.3 is 0 Å². The van der Waals surface area contributed by atoms with E-state index in [0.29, 0.717) is 12.0 Å². The molecule has 1 heterocycles. The molecule has 1 aliphatic rings. The van der Waals surface area contributed by atoms with Crippen LogP contribution in [0.4, 0.5) is 8.78 Å². The predicted molar refractivity (Wildman–Crippen MR) is 105 cm³/mol. The minimum atomic E-state index is -0.678. The number of benzene rings is 2. The van der Waals surface area contributed by atoms with Gasteiger partial charge in [-0.05, 0) is 78.8 Å². The van der Waals surface area contributed by atoms with Crippen LogP contribution in [0, 0.1) is 17.0 Å². The molecule has 5 heteroatoms. The van der Waals surface area contributed by atoms with Gasteiger partial charge in [-0.3, -0.25) is 0 Å². The molecule has 0 bridgehead atoms. The normalized spacial score (nSPS) is 19.8. The van der Waals surface area contributed by atoms with Gasteiger partial charge in [0.25, 0.3) is 0 Å². The van der Waals surface area contributed by atoms with Crippen molar-refractivity contribution in [2.75, 3.05) is 0 Å². The Morgan fingerprint density at radius 1 is 1.07 bits per heavy atom. The largest absolute Gasteiger partial charge is 0.388 e. The fourth-order valence-electron chi connectivity index (χ4n) is 3.87. The average molecular weight is 380 g/mol. The molecule has 144 valence electrons. The van der Waals surface area contributed by atoms with Crippen molar-refractivity contribution < 1.29 is 13.9 Å². The minimum absolute atomic E-state index is 0.239. The highest BCUT2D eigenvalue weighted by Gasteiger charge is 2.35. The fraction of sp³-hybridized carbons (Fsp3) is 0.261. The highest BCUT2D eigenvalue weighted by Crippen LogP contribution is 2.44. The molecule has 0 spiro atoms. The Kier molecular flexibility index (Phi) is 4.63. The van der Waals surface area contributed by atoms with E-state index in [0.717, 1.165) is 28.9 Å². The minimum Gasteiger partial charge on any atom is -0.388 e. The number of allylic oxidation sites excluding steroid dienone is 1. The van der Waals surface area contributed by atoms with Gasteiger partial charge in [-0.25, -0.2) is 13.5 Å². The summed E-state index contributed by atoms with van der Waals surface area (Å²) >= 11 is 0. The second-order valence-electron chi connectivity index (χ2n) is 7.78. The standard InChI is InChI=1S/C23H22F2N2O/c1-15-11-21-17(14-26-27(21)20-9-7-19(25)8-10-20)12-23(15,2)13-22(28)16-3-5-18(24)6-4-16/h3-11,14,22,28H,12-13H2,1-2H3/t22?,23-/m0/s1. The first kappa shape index (κ1) is 18.6. The van der Waals surface area contributed by atoms with E-state index in [4.69, 9.17) is 0 Å². The molecule has 0 saturated heterocycles. The van der Waals surface area contributed by atoms with Gasteiger partial charge in [0.05, 0.1) is 23.7 Å². The van der Waals surface area contributed by atoms with Gasteiger partial charge in [-0.15, -0.1) is 0 Å². The van der Waals surface area contributed by atoms with Gasteiger partial charge in [0, 0.05) is 0 Å². The third-order valence-electron chi connectivity index (χ3n) is 5.74. The fourth-order valence-corrected chi connectivity index (χ4v) is 3.87. The van der Waals surface area contributed by atoms with Crippen LogP contribution in [0.25, 0.3) is 11.8 Å². The van der Waals surface area contributed by atoms with Crippen LogP contribution < -0.4 is 0 Å². The van der Waals surface area contributed by atoms with Crippen molar-refractivity contribution in [1.29, 1.82) is 0 Å². The summed E-state index contributed by atoms with van der Waals surface area (Å²) in [6.07, 6.45) is 4.52. The summed E-state index contributed by atoms with van der Waals surface area (Å²) in [6, 6.07) is 12.3. The summed E-state index contributed by atoms with van der Waals surface area (Å²) in [5.74, 6) is -0.590. The lowest BCUT2D eigenvalue weighted by molar-refractivity contribution is 0.121. The molecule has 4 rings (SSSR count). The Morgan fingerprint density at radius 3 is 2.32 bits per heavy atom. The molecule has 1 aromatic heterocycles. The van der Waals surface area contributed by atoms with Gasteiger partial charge in [0.1, 0.15) is 11.6 Å². The zero-order valence-electron chi connectivity index (χ0n) is 15.9. The zero-order chi connectivity index (χ0) is 19.9. The van der Waals surface area contributed by atoms with Crippen LogP contribution >= 0.6 is 0 Å². The highest BCUT2D eigenvalue weighted by atomic mass is 19.1. The number of aliphatic hydroxyl groups excluding tert-OH is 1. The highest BCUT2D eigenvalue weighted by molar-refractivity contribution is 5.60. The first-order valence-corrected chi connectivity index (χ1v) is 9.31. The molecule has 3 nitrogen and oxygen atoms in total. The zero-order valence-corrected chi connectivity index (χ0v) is 15.9. The maximum absolute atomic E-state index is 13.2. The summed E-state index contributed by atoms with van der Waals surface area (Å²) in [6.45, 7) is 4.19. The molecule has 1 unspecified atom stereocenters. The van der Waals surface area contributed by atoms with Crippen LogP contribution in [0.3, 0.4) is 0 Å². The lowest BCUT2D eigenvalue weighted by Gasteiger charge is -2.36. The first-order valence-electron chi connectivity index (χ1n) is 9.31. The summed E-state index contributed by atoms with van der Waals surface area (Å²) in [5, 5.41) is 15.2. The lowest BCUT2D eigenvalue weighted by Crippen LogP contribution is -2.27. The summed E-state index contributed by atoms with van der Waals surface area (Å²) in [7, 11) is 0. The number of aromatic nitrogens is 2. The maximum atomic E-state index is 13.2. The molecular weight excluding hydrogens is 358 g/mol. The second kappa shape index (κ2) is 6.99. The van der Waals surface area contributed by atoms with E-state index in [9.17, 15) is 13.9 Å². The Bertz CT molecular complexity index is 1020. The number of fused-ring (bicyclic) bond motifs is 1. The number of nitrogens with zero attached hydrogens (tertiary/aromatic N) is 2. The van der Waals surface area contributed by atoms with Gasteiger partial charge in [-0.2, -0.15) is 5.10 Å². The molecule has 0 radical (unpaired) electrons. The number of hydrogen-bond donors (Lipinski definition) is 1. The number of rotatable bonds is 4. The maximum Gasteiger partial charge on any atom is 0.123 e. The number of halogens is 2. The van der Waals surface area contributed by atoms with E-state index in [1.165, 1.54) is 24.3 Å². The molecule has 0 saturated carbocycles. The van der Waals surface area contributed by atoms with Gasteiger partial charge in [-0.1, -0.05) is 24.6 Å². The number of hydrogen-bond acceptors (Lipinski definition) is 2. The molecule has 2 aromatic carbocycles. The Hall–Kier alpha value is -2.79. The SMILES string of the molecule is CC1=Cc2c(cnn2-c2ccc(F)cc2)C[C@@]1(C)CC(O)c1ccc(F)cc1. The number of aliphatic hydroxyl groups is 1. The molecule has 28 heavy (non-hydrogen) atoms. The molecule has 1 N–H and O–H groups in total. The van der Waals surface area contributed by atoms with Crippen LogP contribution in [-0.4, -0.2) is 14.9 Å². The van der Waals surface area contributed by atoms with E-state index in [1.54, 1.807) is 24.3 Å². The van der Waals surface area contributed by atoms with E-state index in [-0.39, 0.29) is 17.0 Å². The van der Waals surface area contributed by atoms with Crippen molar-refractivity contribution >= 4 is 6.08 Å². The van der Waals surface area contributed by atoms with Crippen LogP contribution in [-0.2, 0) is 6.42 Å². The van der Waals surface area contributed by atoms with Crippen LogP contribution in [0.1, 0.15) is 43.2 Å². The van der Waals surface area contributed by atoms with Gasteiger partial charge in [0.2, 0.25) is 0 Å². The Morgan fingerprint density at radius 2 is 1.68 bits per heavy atom. The molecular formula is C23H22F2N2O. The molecule has 0 fully saturated rings. The van der Waals surface area contributed by atoms with Gasteiger partial charge < -0.3 is 5.11 Å². The Balaban J connectivity index is 1.61. The van der Waals surface area contributed by atoms with Crippen LogP contribution in [0.2, 0.25) is 0 Å². The van der Waals surface area contributed by atoms with Crippen molar-refractivity contribution in [2.45, 2.75) is 32.8 Å². The van der Waals surface area contributed by atoms with Crippen molar-refractivity contribution in [2.24, 2.45) is 5.41 Å². The monoisotopic (exact) mass is 380 g/mol. The van der Waals surface area contributed by atoms with Crippen molar-refractivity contribution in [3.05, 3.63) is 88.8 Å². The molecule has 3 aromatic rings. The van der Waals surface area contributed by atoms with E-state index in [2.05, 4.69) is 25.0 Å². The van der Waals surface area contributed by atoms with Crippen LogP contribution in [0.15, 0.2) is 60.3 Å². The summed E-state index contributed by atoms with van der Waals surface area (Å²) in [4.78, 5) is 0. The average Bonchev–Trinajstić information content (AvgIpc) is 3.05. The first-order chi connectivity index (χ1) is 13.4.